The largest absolute Gasteiger partial charge is 0.393 e. The average Bonchev–Trinajstić information content (AvgIpc) is 3.63. The maximum Gasteiger partial charge on any atom is 0.245 e. The normalized spacial score (nSPS) is 48.0. The van der Waals surface area contributed by atoms with Gasteiger partial charge in [-0.25, -0.2) is 0 Å². The van der Waals surface area contributed by atoms with Gasteiger partial charge >= 0.3 is 0 Å². The molecule has 5 aliphatic carbocycles. The zero-order valence-corrected chi connectivity index (χ0v) is 28.5. The molecule has 7 rings (SSSR count). The molecular weight excluding hydrogens is 564 g/mol. The molecule has 2 amide bonds. The second kappa shape index (κ2) is 10.3. The van der Waals surface area contributed by atoms with Crippen LogP contribution in [-0.2, 0) is 20.9 Å². The highest BCUT2D eigenvalue weighted by atomic mass is 16.5. The van der Waals surface area contributed by atoms with Crippen molar-refractivity contribution in [1.29, 1.82) is 0 Å². The van der Waals surface area contributed by atoms with Crippen LogP contribution in [0.25, 0.3) is 0 Å². The third kappa shape index (κ3) is 4.05. The van der Waals surface area contributed by atoms with Crippen molar-refractivity contribution < 1.29 is 24.5 Å². The van der Waals surface area contributed by atoms with Crippen LogP contribution in [0.5, 0.6) is 0 Å². The molecule has 5 saturated carbocycles. The quantitative estimate of drug-likeness (QED) is 0.414. The first-order valence-electron chi connectivity index (χ1n) is 17.7. The number of hydrogen-bond donors (Lipinski definition) is 3. The number of aliphatic hydroxyl groups excluding tert-OH is 2. The van der Waals surface area contributed by atoms with Crippen LogP contribution in [0.2, 0.25) is 0 Å². The van der Waals surface area contributed by atoms with E-state index in [0.717, 1.165) is 37.7 Å². The molecule has 0 radical (unpaired) electrons. The summed E-state index contributed by atoms with van der Waals surface area (Å²) in [4.78, 5) is 28.0. The summed E-state index contributed by atoms with van der Waals surface area (Å²) < 4.78 is 6.96. The third-order valence-electron chi connectivity index (χ3n) is 15.6. The maximum absolute atomic E-state index is 13.8. The minimum absolute atomic E-state index is 0.0691. The lowest BCUT2D eigenvalue weighted by Crippen LogP contribution is -2.59. The van der Waals surface area contributed by atoms with Gasteiger partial charge in [-0.1, -0.05) is 65.0 Å². The summed E-state index contributed by atoms with van der Waals surface area (Å²) in [7, 11) is 1.69. The molecule has 45 heavy (non-hydrogen) atoms. The van der Waals surface area contributed by atoms with E-state index in [9.17, 15) is 19.8 Å². The van der Waals surface area contributed by atoms with E-state index >= 15 is 0 Å². The molecular formula is C38H56N2O5. The number of nitrogens with zero attached hydrogens (tertiary/aromatic N) is 1. The number of benzene rings is 1. The van der Waals surface area contributed by atoms with Crippen LogP contribution in [0.15, 0.2) is 30.3 Å². The Hall–Kier alpha value is -1.96. The topological polar surface area (TPSA) is 99.1 Å². The minimum Gasteiger partial charge on any atom is -0.393 e. The van der Waals surface area contributed by atoms with E-state index in [-0.39, 0.29) is 62.9 Å². The number of carbonyl (C=O) groups is 2. The first-order chi connectivity index (χ1) is 21.2. The highest BCUT2D eigenvalue weighted by molar-refractivity contribution is 5.87. The van der Waals surface area contributed by atoms with E-state index in [1.807, 2.05) is 30.3 Å². The summed E-state index contributed by atoms with van der Waals surface area (Å²) in [6, 6.07) is 9.04. The molecule has 0 bridgehead atoms. The Morgan fingerprint density at radius 1 is 1.00 bits per heavy atom. The van der Waals surface area contributed by atoms with Crippen LogP contribution >= 0.6 is 0 Å². The van der Waals surface area contributed by atoms with Crippen molar-refractivity contribution >= 4 is 11.8 Å². The van der Waals surface area contributed by atoms with Gasteiger partial charge in [-0.2, -0.15) is 0 Å². The molecule has 6 fully saturated rings. The molecule has 8 unspecified atom stereocenters. The van der Waals surface area contributed by atoms with Crippen molar-refractivity contribution in [1.82, 2.24) is 10.2 Å². The molecule has 1 aromatic carbocycles. The summed E-state index contributed by atoms with van der Waals surface area (Å²) >= 11 is 0. The summed E-state index contributed by atoms with van der Waals surface area (Å²) in [5.74, 6) is 1.00. The standard InChI is InChI=1S/C38H56N2O5/c1-22-19-25(30(40(7)23(2)41)33(44)39-20-24-11-9-8-10-12-24)45-31-29(22)35(5)17-18-38-21-37(38)16-15-28(42)34(3,4)26(37)13-14-27(38)36(35,6)32(31)43/h8-12,22,25-32,42-43H,13-21H2,1-7H3,(H,39,44)/t22-,25?,26+,27?,28?,29+,30?,31?,32+,35?,36-,37?,38?/m1/s1. The number of rotatable bonds is 5. The smallest absolute Gasteiger partial charge is 0.245 e. The monoisotopic (exact) mass is 620 g/mol. The lowest BCUT2D eigenvalue weighted by Gasteiger charge is -2.63. The SMILES string of the molecule is CC(=O)N(C)C(C(=O)NCc1ccccc1)C1C[C@@H](C)[C@H]2C(O1)[C@H](O)[C@@]1(C)C3CC[C@H]4C(C)(C)C(O)CCC45CC35CCC21C. The van der Waals surface area contributed by atoms with Crippen molar-refractivity contribution in [3.05, 3.63) is 35.9 Å². The lowest BCUT2D eigenvalue weighted by atomic mass is 9.41. The molecule has 13 atom stereocenters. The fourth-order valence-electron chi connectivity index (χ4n) is 13.2. The van der Waals surface area contributed by atoms with Crippen LogP contribution in [0.3, 0.4) is 0 Å². The molecule has 1 aliphatic heterocycles. The summed E-state index contributed by atoms with van der Waals surface area (Å²) in [5.41, 5.74) is 1.10. The molecule has 7 heteroatoms. The van der Waals surface area contributed by atoms with Gasteiger partial charge in [-0.15, -0.1) is 0 Å². The molecule has 248 valence electrons. The van der Waals surface area contributed by atoms with Crippen LogP contribution in [0.1, 0.15) is 98.5 Å². The molecule has 1 saturated heterocycles. The van der Waals surface area contributed by atoms with E-state index in [1.165, 1.54) is 24.7 Å². The highest BCUT2D eigenvalue weighted by Crippen LogP contribution is 2.89. The number of amides is 2. The first kappa shape index (κ1) is 31.6. The highest BCUT2D eigenvalue weighted by Gasteiger charge is 2.84. The zero-order chi connectivity index (χ0) is 32.3. The molecule has 3 N–H and O–H groups in total. The molecule has 7 nitrogen and oxygen atoms in total. The van der Waals surface area contributed by atoms with Crippen molar-refractivity contribution in [3.63, 3.8) is 0 Å². The number of nitrogens with one attached hydrogen (secondary N) is 1. The van der Waals surface area contributed by atoms with Crippen LogP contribution in [0, 0.1) is 50.7 Å². The summed E-state index contributed by atoms with van der Waals surface area (Å²) in [6.45, 7) is 13.6. The van der Waals surface area contributed by atoms with Gasteiger partial charge in [0.1, 0.15) is 6.04 Å². The second-order valence-electron chi connectivity index (χ2n) is 17.3. The molecule has 1 aromatic rings. The van der Waals surface area contributed by atoms with Gasteiger partial charge in [0.05, 0.1) is 24.4 Å². The maximum atomic E-state index is 13.8. The molecule has 1 heterocycles. The fourth-order valence-corrected chi connectivity index (χ4v) is 13.2. The van der Waals surface area contributed by atoms with Gasteiger partial charge in [-0.05, 0) is 102 Å². The predicted molar refractivity (Wildman–Crippen MR) is 173 cm³/mol. The zero-order valence-electron chi connectivity index (χ0n) is 28.5. The Morgan fingerprint density at radius 2 is 1.67 bits per heavy atom. The van der Waals surface area contributed by atoms with Crippen molar-refractivity contribution in [2.24, 2.45) is 50.7 Å². The van der Waals surface area contributed by atoms with Gasteiger partial charge < -0.3 is 25.2 Å². The van der Waals surface area contributed by atoms with Gasteiger partial charge in [-0.3, -0.25) is 9.59 Å². The number of fused-ring (bicyclic) bond motifs is 4. The van der Waals surface area contributed by atoms with E-state index in [0.29, 0.717) is 24.8 Å². The minimum atomic E-state index is -0.769. The second-order valence-corrected chi connectivity index (χ2v) is 17.3. The number of hydrogen-bond acceptors (Lipinski definition) is 5. The van der Waals surface area contributed by atoms with Gasteiger partial charge in [0.2, 0.25) is 11.8 Å². The summed E-state index contributed by atoms with van der Waals surface area (Å²) in [5, 5.41) is 26.7. The van der Waals surface area contributed by atoms with Crippen LogP contribution in [0.4, 0.5) is 0 Å². The Balaban J connectivity index is 1.17. The predicted octanol–water partition coefficient (Wildman–Crippen LogP) is 5.32. The Labute approximate surface area is 269 Å². The Morgan fingerprint density at radius 3 is 2.36 bits per heavy atom. The van der Waals surface area contributed by atoms with Crippen molar-refractivity contribution in [2.75, 3.05) is 7.05 Å². The van der Waals surface area contributed by atoms with E-state index in [2.05, 4.69) is 39.9 Å². The third-order valence-corrected chi connectivity index (χ3v) is 15.6. The van der Waals surface area contributed by atoms with E-state index < -0.39 is 18.2 Å². The Kier molecular flexibility index (Phi) is 7.22. The number of carbonyl (C=O) groups excluding carboxylic acids is 2. The number of ether oxygens (including phenoxy) is 1. The van der Waals surface area contributed by atoms with E-state index in [4.69, 9.17) is 4.74 Å². The average molecular weight is 621 g/mol. The number of likely N-dealkylation sites (N-methyl/N-ethyl adjacent to an activating group) is 1. The van der Waals surface area contributed by atoms with Crippen molar-refractivity contribution in [3.8, 4) is 0 Å². The van der Waals surface area contributed by atoms with E-state index in [1.54, 1.807) is 7.05 Å². The van der Waals surface area contributed by atoms with Crippen LogP contribution in [-0.4, -0.2) is 64.4 Å². The molecule has 2 spiro atoms. The Bertz CT molecular complexity index is 1350. The lowest BCUT2D eigenvalue weighted by molar-refractivity contribution is -0.183. The fraction of sp³-hybridized carbons (Fsp3) is 0.789. The van der Waals surface area contributed by atoms with Gasteiger partial charge in [0.25, 0.3) is 0 Å². The van der Waals surface area contributed by atoms with Gasteiger partial charge in [0, 0.05) is 25.9 Å². The van der Waals surface area contributed by atoms with Gasteiger partial charge in [0.15, 0.2) is 0 Å². The summed E-state index contributed by atoms with van der Waals surface area (Å²) in [6.07, 6.45) is 6.70. The first-order valence-corrected chi connectivity index (χ1v) is 17.7. The number of aliphatic hydroxyl groups is 2. The molecule has 6 aliphatic rings. The van der Waals surface area contributed by atoms with Crippen LogP contribution < -0.4 is 5.32 Å². The molecule has 0 aromatic heterocycles. The van der Waals surface area contributed by atoms with Crippen molar-refractivity contribution in [2.45, 2.75) is 130 Å².